The number of ether oxygens (including phenoxy) is 3. The monoisotopic (exact) mass is 689 g/mol. The van der Waals surface area contributed by atoms with Crippen LogP contribution < -0.4 is 24.8 Å². The van der Waals surface area contributed by atoms with E-state index in [2.05, 4.69) is 20.3 Å². The molecule has 1 aromatic rings. The Hall–Kier alpha value is -3.88. The smallest absolute Gasteiger partial charge is 0.408 e. The standard InChI is InChI=1S/C33H47N5O9S/c1-5-45-27-18-22(15-16-34-27)46-23-17-26-28(39)36-33(30(41)37-48(43,44)24-13-14-24)19-21(33)11-9-7-6-8-10-12-25(29(40)38(26)20-23)35-31(42)47-32(2,3)4/h9,11,15-16,18,21,23-26H,5-8,10,12-14,17,19-20H2,1-4H3,(H,35,42)(H,36,39)(H,37,41)/b11-9-/t21-,23-,25+,26+,33-/m1/s1. The van der Waals surface area contributed by atoms with E-state index in [-0.39, 0.29) is 19.4 Å². The summed E-state index contributed by atoms with van der Waals surface area (Å²) in [6.45, 7) is 7.44. The number of alkyl carbamates (subject to hydrolysis) is 1. The zero-order chi connectivity index (χ0) is 34.7. The number of fused-ring (bicyclic) bond motifs is 2. The predicted molar refractivity (Wildman–Crippen MR) is 174 cm³/mol. The highest BCUT2D eigenvalue weighted by molar-refractivity contribution is 7.91. The molecule has 48 heavy (non-hydrogen) atoms. The van der Waals surface area contributed by atoms with Gasteiger partial charge in [0.1, 0.15) is 35.1 Å². The molecule has 2 aliphatic heterocycles. The molecule has 0 aromatic carbocycles. The third-order valence-corrected chi connectivity index (χ3v) is 10.7. The topological polar surface area (TPSA) is 182 Å². The molecule has 0 bridgehead atoms. The number of aromatic nitrogens is 1. The largest absolute Gasteiger partial charge is 0.488 e. The lowest BCUT2D eigenvalue weighted by atomic mass is 10.0. The highest BCUT2D eigenvalue weighted by Crippen LogP contribution is 2.46. The number of rotatable bonds is 8. The Balaban J connectivity index is 1.43. The maximum Gasteiger partial charge on any atom is 0.408 e. The molecule has 264 valence electrons. The van der Waals surface area contributed by atoms with Crippen LogP contribution in [0.1, 0.15) is 85.5 Å². The molecule has 0 spiro atoms. The van der Waals surface area contributed by atoms with Gasteiger partial charge in [-0.2, -0.15) is 0 Å². The molecule has 4 aliphatic rings. The van der Waals surface area contributed by atoms with E-state index in [4.69, 9.17) is 14.2 Å². The van der Waals surface area contributed by atoms with Crippen LogP contribution >= 0.6 is 0 Å². The van der Waals surface area contributed by atoms with Crippen LogP contribution in [0.3, 0.4) is 0 Å². The lowest BCUT2D eigenvalue weighted by Crippen LogP contribution is -2.58. The SMILES string of the molecule is CCOc1cc(O[C@@H]2C[C@H]3C(=O)N[C@]4(C(=O)NS(=O)(=O)C5CC5)C[C@H]4/C=C\CCCCC[C@H](NC(=O)OC(C)(C)C)C(=O)N3C2)ccn1. The van der Waals surface area contributed by atoms with E-state index in [1.54, 1.807) is 32.9 Å². The van der Waals surface area contributed by atoms with Crippen LogP contribution in [-0.2, 0) is 29.1 Å². The quantitative estimate of drug-likeness (QED) is 0.343. The molecule has 2 aliphatic carbocycles. The first-order valence-corrected chi connectivity index (χ1v) is 18.4. The summed E-state index contributed by atoms with van der Waals surface area (Å²) in [5.74, 6) is -1.48. The van der Waals surface area contributed by atoms with Gasteiger partial charge in [0, 0.05) is 24.6 Å². The summed E-state index contributed by atoms with van der Waals surface area (Å²) >= 11 is 0. The molecule has 4 amide bonds. The number of carbonyl (C=O) groups excluding carboxylic acids is 4. The number of sulfonamides is 1. The fraction of sp³-hybridized carbons (Fsp3) is 0.667. The van der Waals surface area contributed by atoms with Crippen molar-refractivity contribution in [3.05, 3.63) is 30.5 Å². The van der Waals surface area contributed by atoms with Gasteiger partial charge in [0.05, 0.1) is 18.4 Å². The number of hydrogen-bond acceptors (Lipinski definition) is 10. The van der Waals surface area contributed by atoms with Crippen molar-refractivity contribution in [3.8, 4) is 11.6 Å². The summed E-state index contributed by atoms with van der Waals surface area (Å²) in [5.41, 5.74) is -2.27. The van der Waals surface area contributed by atoms with Gasteiger partial charge in [0.15, 0.2) is 0 Å². The second kappa shape index (κ2) is 14.3. The summed E-state index contributed by atoms with van der Waals surface area (Å²) in [7, 11) is -3.87. The molecule has 3 fully saturated rings. The second-order valence-corrected chi connectivity index (χ2v) is 15.9. The predicted octanol–water partition coefficient (Wildman–Crippen LogP) is 2.73. The lowest BCUT2D eigenvalue weighted by Gasteiger charge is -2.30. The van der Waals surface area contributed by atoms with Crippen LogP contribution in [0.5, 0.6) is 11.6 Å². The van der Waals surface area contributed by atoms with Crippen LogP contribution in [0, 0.1) is 5.92 Å². The molecule has 5 rings (SSSR count). The first-order valence-electron chi connectivity index (χ1n) is 16.8. The summed E-state index contributed by atoms with van der Waals surface area (Å²) in [6, 6.07) is 1.22. The van der Waals surface area contributed by atoms with E-state index in [0.29, 0.717) is 50.3 Å². The van der Waals surface area contributed by atoms with Crippen molar-refractivity contribution in [1.82, 2.24) is 25.2 Å². The summed E-state index contributed by atoms with van der Waals surface area (Å²) in [4.78, 5) is 60.3. The van der Waals surface area contributed by atoms with Crippen LogP contribution in [0.15, 0.2) is 30.5 Å². The van der Waals surface area contributed by atoms with Gasteiger partial charge in [-0.1, -0.05) is 25.0 Å². The zero-order valence-electron chi connectivity index (χ0n) is 28.0. The van der Waals surface area contributed by atoms with E-state index in [1.165, 1.54) is 11.1 Å². The molecule has 0 radical (unpaired) electrons. The minimum absolute atomic E-state index is 0.0221. The molecule has 3 N–H and O–H groups in total. The molecule has 1 aromatic heterocycles. The average molecular weight is 690 g/mol. The number of pyridine rings is 1. The van der Waals surface area contributed by atoms with Crippen molar-refractivity contribution in [3.63, 3.8) is 0 Å². The van der Waals surface area contributed by atoms with Crippen LogP contribution in [0.4, 0.5) is 4.79 Å². The van der Waals surface area contributed by atoms with Crippen LogP contribution in [0.2, 0.25) is 0 Å². The minimum Gasteiger partial charge on any atom is -0.488 e. The van der Waals surface area contributed by atoms with Gasteiger partial charge in [0.25, 0.3) is 5.91 Å². The Labute approximate surface area is 281 Å². The molecule has 3 heterocycles. The van der Waals surface area contributed by atoms with E-state index in [0.717, 1.165) is 12.8 Å². The van der Waals surface area contributed by atoms with E-state index >= 15 is 0 Å². The summed E-state index contributed by atoms with van der Waals surface area (Å²) < 4.78 is 44.8. The second-order valence-electron chi connectivity index (χ2n) is 14.0. The Kier molecular flexibility index (Phi) is 10.6. The van der Waals surface area contributed by atoms with Crippen LogP contribution in [0.25, 0.3) is 0 Å². The fourth-order valence-corrected chi connectivity index (χ4v) is 7.54. The van der Waals surface area contributed by atoms with Gasteiger partial charge in [0.2, 0.25) is 27.7 Å². The van der Waals surface area contributed by atoms with Gasteiger partial charge in [-0.3, -0.25) is 19.1 Å². The molecule has 14 nitrogen and oxygen atoms in total. The molecule has 2 saturated carbocycles. The highest BCUT2D eigenvalue weighted by Gasteiger charge is 2.62. The molecular weight excluding hydrogens is 642 g/mol. The van der Waals surface area contributed by atoms with Crippen molar-refractivity contribution < 1.29 is 41.8 Å². The van der Waals surface area contributed by atoms with Gasteiger partial charge in [-0.05, 0) is 72.3 Å². The Morgan fingerprint density at radius 3 is 2.62 bits per heavy atom. The first kappa shape index (κ1) is 35.4. The molecule has 0 unspecified atom stereocenters. The van der Waals surface area contributed by atoms with Crippen molar-refractivity contribution in [2.24, 2.45) is 5.92 Å². The highest BCUT2D eigenvalue weighted by atomic mass is 32.2. The molecule has 5 atom stereocenters. The number of allylic oxidation sites excluding steroid dienone is 1. The van der Waals surface area contributed by atoms with Crippen molar-refractivity contribution >= 4 is 33.8 Å². The molecule has 1 saturated heterocycles. The Morgan fingerprint density at radius 1 is 1.15 bits per heavy atom. The fourth-order valence-electron chi connectivity index (χ4n) is 6.18. The van der Waals surface area contributed by atoms with Crippen molar-refractivity contribution in [1.29, 1.82) is 0 Å². The number of hydrogen-bond donors (Lipinski definition) is 3. The number of nitrogens with zero attached hydrogens (tertiary/aromatic N) is 2. The first-order chi connectivity index (χ1) is 22.7. The third-order valence-electron chi connectivity index (χ3n) is 8.84. The number of carbonyl (C=O) groups is 4. The maximum absolute atomic E-state index is 14.2. The third kappa shape index (κ3) is 8.77. The summed E-state index contributed by atoms with van der Waals surface area (Å²) in [5, 5.41) is 4.96. The minimum atomic E-state index is -3.87. The van der Waals surface area contributed by atoms with Crippen LogP contribution in [-0.4, -0.2) is 89.8 Å². The van der Waals surface area contributed by atoms with Gasteiger partial charge in [-0.25, -0.2) is 18.2 Å². The normalized spacial score (nSPS) is 28.8. The lowest BCUT2D eigenvalue weighted by molar-refractivity contribution is -0.141. The molecule has 15 heteroatoms. The van der Waals surface area contributed by atoms with E-state index < -0.39 is 74.3 Å². The number of nitrogens with one attached hydrogen (secondary N) is 3. The van der Waals surface area contributed by atoms with Gasteiger partial charge in [-0.15, -0.1) is 0 Å². The van der Waals surface area contributed by atoms with Crippen molar-refractivity contribution in [2.45, 2.75) is 120 Å². The summed E-state index contributed by atoms with van der Waals surface area (Å²) in [6.07, 6.45) is 8.47. The van der Waals surface area contributed by atoms with E-state index in [9.17, 15) is 27.6 Å². The van der Waals surface area contributed by atoms with Gasteiger partial charge < -0.3 is 29.7 Å². The number of amides is 4. The Bertz CT molecular complexity index is 1520. The van der Waals surface area contributed by atoms with Gasteiger partial charge >= 0.3 is 6.09 Å². The average Bonchev–Trinajstić information content (AvgIpc) is 3.92. The van der Waals surface area contributed by atoms with E-state index in [1.807, 2.05) is 19.1 Å². The Morgan fingerprint density at radius 2 is 1.92 bits per heavy atom. The molecular formula is C33H47N5O9S. The maximum atomic E-state index is 14.2. The van der Waals surface area contributed by atoms with Crippen molar-refractivity contribution in [2.75, 3.05) is 13.2 Å². The zero-order valence-corrected chi connectivity index (χ0v) is 28.8.